The van der Waals surface area contributed by atoms with E-state index in [4.69, 9.17) is 0 Å². The highest BCUT2D eigenvalue weighted by Gasteiger charge is 2.23. The van der Waals surface area contributed by atoms with Gasteiger partial charge in [-0.15, -0.1) is 0 Å². The molecule has 0 aromatic heterocycles. The van der Waals surface area contributed by atoms with Gasteiger partial charge in [0, 0.05) is 0 Å². The van der Waals surface area contributed by atoms with Crippen molar-refractivity contribution in [2.45, 2.75) is 59.3 Å². The Bertz CT molecular complexity index is 404. The monoisotopic (exact) mass is 287 g/mol. The first-order valence-corrected chi connectivity index (χ1v) is 8.91. The van der Waals surface area contributed by atoms with Crippen molar-refractivity contribution in [2.24, 2.45) is 17.8 Å². The minimum Gasteiger partial charge on any atom is -0.316 e. The molecule has 118 valence electrons. The average Bonchev–Trinajstić information content (AvgIpc) is 2.47. The Hall–Kier alpha value is -0.820. The lowest BCUT2D eigenvalue weighted by molar-refractivity contribution is 0.238. The van der Waals surface area contributed by atoms with Gasteiger partial charge in [0.15, 0.2) is 0 Å². The maximum absolute atomic E-state index is 3.72. The van der Waals surface area contributed by atoms with E-state index in [0.717, 1.165) is 24.3 Å². The molecule has 1 N–H and O–H groups in total. The molecule has 0 aliphatic heterocycles. The molecule has 1 fully saturated rings. The van der Waals surface area contributed by atoms with Crippen molar-refractivity contribution < 1.29 is 0 Å². The van der Waals surface area contributed by atoms with Crippen molar-refractivity contribution in [1.29, 1.82) is 0 Å². The van der Waals surface area contributed by atoms with Gasteiger partial charge in [0.2, 0.25) is 0 Å². The van der Waals surface area contributed by atoms with Crippen molar-refractivity contribution in [3.05, 3.63) is 35.4 Å². The van der Waals surface area contributed by atoms with E-state index in [-0.39, 0.29) is 0 Å². The summed E-state index contributed by atoms with van der Waals surface area (Å²) in [5.74, 6) is 2.49. The second-order valence-corrected chi connectivity index (χ2v) is 7.40. The van der Waals surface area contributed by atoms with Crippen LogP contribution in [0.4, 0.5) is 0 Å². The highest BCUT2D eigenvalue weighted by molar-refractivity contribution is 5.22. The van der Waals surface area contributed by atoms with Crippen LogP contribution >= 0.6 is 0 Å². The number of rotatable bonds is 7. The van der Waals surface area contributed by atoms with Crippen LogP contribution < -0.4 is 5.32 Å². The molecule has 0 saturated heterocycles. The zero-order chi connectivity index (χ0) is 15.1. The van der Waals surface area contributed by atoms with Crippen LogP contribution in [-0.2, 0) is 6.42 Å². The molecule has 0 amide bonds. The molecule has 0 bridgehead atoms. The summed E-state index contributed by atoms with van der Waals surface area (Å²) in [5.41, 5.74) is 2.92. The Morgan fingerprint density at radius 3 is 2.52 bits per heavy atom. The second-order valence-electron chi connectivity index (χ2n) is 7.40. The van der Waals surface area contributed by atoms with Crippen LogP contribution in [0.3, 0.4) is 0 Å². The van der Waals surface area contributed by atoms with Crippen LogP contribution in [0.5, 0.6) is 0 Å². The van der Waals surface area contributed by atoms with E-state index in [9.17, 15) is 0 Å². The molecule has 1 aromatic carbocycles. The lowest BCUT2D eigenvalue weighted by atomic mass is 9.77. The molecule has 1 aromatic rings. The molecule has 0 radical (unpaired) electrons. The molecule has 0 heterocycles. The third kappa shape index (κ3) is 5.82. The molecule has 1 aliphatic carbocycles. The number of hydrogen-bond acceptors (Lipinski definition) is 1. The van der Waals surface area contributed by atoms with Gasteiger partial charge in [-0.2, -0.15) is 0 Å². The van der Waals surface area contributed by atoms with E-state index in [1.54, 1.807) is 0 Å². The summed E-state index contributed by atoms with van der Waals surface area (Å²) in [6.45, 7) is 9.14. The zero-order valence-electron chi connectivity index (χ0n) is 14.2. The van der Waals surface area contributed by atoms with Crippen LogP contribution in [-0.4, -0.2) is 13.1 Å². The summed E-state index contributed by atoms with van der Waals surface area (Å²) in [6.07, 6.45) is 8.47. The second kappa shape index (κ2) is 8.58. The van der Waals surface area contributed by atoms with Gasteiger partial charge in [-0.25, -0.2) is 0 Å². The molecule has 1 nitrogen and oxygen atoms in total. The molecule has 1 atom stereocenters. The van der Waals surface area contributed by atoms with Crippen molar-refractivity contribution in [3.63, 3.8) is 0 Å². The number of nitrogens with one attached hydrogen (secondary N) is 1. The fraction of sp³-hybridized carbons (Fsp3) is 0.700. The number of hydrogen-bond donors (Lipinski definition) is 1. The first-order valence-electron chi connectivity index (χ1n) is 8.91. The van der Waals surface area contributed by atoms with Crippen molar-refractivity contribution in [3.8, 4) is 0 Å². The Kier molecular flexibility index (Phi) is 6.76. The summed E-state index contributed by atoms with van der Waals surface area (Å²) >= 11 is 0. The van der Waals surface area contributed by atoms with Gasteiger partial charge in [-0.3, -0.25) is 0 Å². The maximum atomic E-state index is 3.72. The van der Waals surface area contributed by atoms with Gasteiger partial charge in [0.25, 0.3) is 0 Å². The largest absolute Gasteiger partial charge is 0.316 e. The van der Waals surface area contributed by atoms with E-state index in [1.165, 1.54) is 56.2 Å². The van der Waals surface area contributed by atoms with Gasteiger partial charge >= 0.3 is 0 Å². The van der Waals surface area contributed by atoms with Crippen LogP contribution in [0.15, 0.2) is 24.3 Å². The Labute approximate surface area is 131 Å². The molecule has 21 heavy (non-hydrogen) atoms. The first-order chi connectivity index (χ1) is 10.1. The molecular weight excluding hydrogens is 254 g/mol. The molecule has 1 unspecified atom stereocenters. The Balaban J connectivity index is 1.96. The lowest BCUT2D eigenvalue weighted by Gasteiger charge is -2.31. The summed E-state index contributed by atoms with van der Waals surface area (Å²) in [5, 5.41) is 3.72. The Morgan fingerprint density at radius 2 is 1.86 bits per heavy atom. The van der Waals surface area contributed by atoms with Gasteiger partial charge in [-0.05, 0) is 49.8 Å². The quantitative estimate of drug-likeness (QED) is 0.746. The van der Waals surface area contributed by atoms with E-state index in [0.29, 0.717) is 0 Å². The SMILES string of the molecule is Cc1cccc(CC(CNCC(C)C)C2CCCCC2)c1. The lowest BCUT2D eigenvalue weighted by Crippen LogP contribution is -2.33. The predicted molar refractivity (Wildman–Crippen MR) is 92.7 cm³/mol. The van der Waals surface area contributed by atoms with Crippen LogP contribution in [0.2, 0.25) is 0 Å². The molecule has 2 rings (SSSR count). The standard InChI is InChI=1S/C20H33N/c1-16(2)14-21-15-20(19-10-5-4-6-11-19)13-18-9-7-8-17(3)12-18/h7-9,12,16,19-21H,4-6,10-11,13-15H2,1-3H3. The highest BCUT2D eigenvalue weighted by Crippen LogP contribution is 2.31. The van der Waals surface area contributed by atoms with E-state index in [2.05, 4.69) is 50.4 Å². The smallest absolute Gasteiger partial charge is 0.00146 e. The summed E-state index contributed by atoms with van der Waals surface area (Å²) < 4.78 is 0. The molecule has 1 aliphatic rings. The molecule has 0 spiro atoms. The fourth-order valence-electron chi connectivity index (χ4n) is 3.71. The summed E-state index contributed by atoms with van der Waals surface area (Å²) in [7, 11) is 0. The molecule has 1 saturated carbocycles. The molecular formula is C20H33N. The number of aryl methyl sites for hydroxylation is 1. The topological polar surface area (TPSA) is 12.0 Å². The maximum Gasteiger partial charge on any atom is -0.00146 e. The van der Waals surface area contributed by atoms with Crippen LogP contribution in [0.25, 0.3) is 0 Å². The van der Waals surface area contributed by atoms with Gasteiger partial charge in [0.05, 0.1) is 0 Å². The normalized spacial score (nSPS) is 18.1. The van der Waals surface area contributed by atoms with Crippen molar-refractivity contribution >= 4 is 0 Å². The number of benzene rings is 1. The highest BCUT2D eigenvalue weighted by atomic mass is 14.9. The van der Waals surface area contributed by atoms with Gasteiger partial charge < -0.3 is 5.32 Å². The van der Waals surface area contributed by atoms with E-state index in [1.807, 2.05) is 0 Å². The van der Waals surface area contributed by atoms with Crippen molar-refractivity contribution in [1.82, 2.24) is 5.32 Å². The van der Waals surface area contributed by atoms with Gasteiger partial charge in [0.1, 0.15) is 0 Å². The van der Waals surface area contributed by atoms with Crippen LogP contribution in [0.1, 0.15) is 57.1 Å². The van der Waals surface area contributed by atoms with Crippen molar-refractivity contribution in [2.75, 3.05) is 13.1 Å². The minimum atomic E-state index is 0.746. The fourth-order valence-corrected chi connectivity index (χ4v) is 3.71. The third-order valence-electron chi connectivity index (χ3n) is 4.86. The first kappa shape index (κ1) is 16.5. The van der Waals surface area contributed by atoms with E-state index < -0.39 is 0 Å². The average molecular weight is 287 g/mol. The zero-order valence-corrected chi connectivity index (χ0v) is 14.2. The molecule has 1 heteroatoms. The minimum absolute atomic E-state index is 0.746. The van der Waals surface area contributed by atoms with E-state index >= 15 is 0 Å². The third-order valence-corrected chi connectivity index (χ3v) is 4.86. The van der Waals surface area contributed by atoms with Gasteiger partial charge in [-0.1, -0.05) is 75.8 Å². The predicted octanol–water partition coefficient (Wildman–Crippen LogP) is 4.98. The summed E-state index contributed by atoms with van der Waals surface area (Å²) in [6, 6.07) is 9.10. The summed E-state index contributed by atoms with van der Waals surface area (Å²) in [4.78, 5) is 0. The van der Waals surface area contributed by atoms with Crippen LogP contribution in [0, 0.1) is 24.7 Å². The Morgan fingerprint density at radius 1 is 1.10 bits per heavy atom.